The third-order valence-corrected chi connectivity index (χ3v) is 6.80. The second kappa shape index (κ2) is 5.40. The van der Waals surface area contributed by atoms with E-state index in [-0.39, 0.29) is 0 Å². The Hall–Kier alpha value is -0.430. The quantitative estimate of drug-likeness (QED) is 0.880. The molecule has 0 saturated carbocycles. The van der Waals surface area contributed by atoms with Crippen molar-refractivity contribution < 1.29 is 8.42 Å². The van der Waals surface area contributed by atoms with Crippen LogP contribution >= 0.6 is 15.9 Å². The number of nitrogens with one attached hydrogen (secondary N) is 1. The lowest BCUT2D eigenvalue weighted by Gasteiger charge is -2.24. The van der Waals surface area contributed by atoms with E-state index in [0.29, 0.717) is 29.9 Å². The summed E-state index contributed by atoms with van der Waals surface area (Å²) >= 11 is 3.36. The third-order valence-electron chi connectivity index (χ3n) is 4.33. The molecule has 110 valence electrons. The first-order valence-electron chi connectivity index (χ1n) is 6.98. The van der Waals surface area contributed by atoms with E-state index in [9.17, 15) is 8.42 Å². The number of piperidine rings is 1. The van der Waals surface area contributed by atoms with Crippen molar-refractivity contribution in [2.24, 2.45) is 5.92 Å². The lowest BCUT2D eigenvalue weighted by atomic mass is 9.94. The summed E-state index contributed by atoms with van der Waals surface area (Å²) in [4.78, 5) is 0.422. The molecule has 1 aromatic carbocycles. The van der Waals surface area contributed by atoms with E-state index in [4.69, 9.17) is 0 Å². The molecule has 2 unspecified atom stereocenters. The van der Waals surface area contributed by atoms with Crippen molar-refractivity contribution >= 4 is 26.0 Å². The molecule has 2 heterocycles. The first kappa shape index (κ1) is 14.5. The zero-order valence-corrected chi connectivity index (χ0v) is 13.9. The molecule has 2 saturated heterocycles. The van der Waals surface area contributed by atoms with Crippen molar-refractivity contribution in [3.8, 4) is 0 Å². The van der Waals surface area contributed by atoms with E-state index >= 15 is 0 Å². The van der Waals surface area contributed by atoms with Gasteiger partial charge in [0, 0.05) is 23.6 Å². The summed E-state index contributed by atoms with van der Waals surface area (Å²) < 4.78 is 28.1. The molecule has 20 heavy (non-hydrogen) atoms. The van der Waals surface area contributed by atoms with Crippen molar-refractivity contribution in [1.82, 2.24) is 9.62 Å². The molecule has 0 aromatic heterocycles. The summed E-state index contributed by atoms with van der Waals surface area (Å²) in [5, 5.41) is 3.45. The summed E-state index contributed by atoms with van der Waals surface area (Å²) in [6, 6.07) is 5.75. The molecule has 0 radical (unpaired) electrons. The topological polar surface area (TPSA) is 49.4 Å². The molecule has 0 amide bonds. The second-order valence-electron chi connectivity index (χ2n) is 5.69. The highest BCUT2D eigenvalue weighted by molar-refractivity contribution is 9.10. The molecule has 6 heteroatoms. The molecule has 3 rings (SSSR count). The predicted octanol–water partition coefficient (Wildman–Crippen LogP) is 2.13. The van der Waals surface area contributed by atoms with E-state index in [0.717, 1.165) is 29.4 Å². The third kappa shape index (κ3) is 2.54. The van der Waals surface area contributed by atoms with Gasteiger partial charge in [-0.25, -0.2) is 8.42 Å². The predicted molar refractivity (Wildman–Crippen MR) is 82.2 cm³/mol. The Bertz CT molecular complexity index is 604. The first-order chi connectivity index (χ1) is 9.48. The molecular weight excluding hydrogens is 340 g/mol. The Kier molecular flexibility index (Phi) is 3.92. The van der Waals surface area contributed by atoms with Gasteiger partial charge in [-0.2, -0.15) is 4.31 Å². The number of halogens is 1. The molecule has 1 N–H and O–H groups in total. The van der Waals surface area contributed by atoms with Crippen molar-refractivity contribution in [2.45, 2.75) is 30.7 Å². The number of sulfonamides is 1. The minimum Gasteiger partial charge on any atom is -0.312 e. The maximum Gasteiger partial charge on any atom is 0.243 e. The molecule has 0 bridgehead atoms. The summed E-state index contributed by atoms with van der Waals surface area (Å²) in [6.45, 7) is 4.09. The van der Waals surface area contributed by atoms with Crippen molar-refractivity contribution in [3.63, 3.8) is 0 Å². The van der Waals surface area contributed by atoms with Gasteiger partial charge in [-0.05, 0) is 49.9 Å². The van der Waals surface area contributed by atoms with Crippen LogP contribution in [0.5, 0.6) is 0 Å². The van der Waals surface area contributed by atoms with Crippen LogP contribution < -0.4 is 5.32 Å². The van der Waals surface area contributed by atoms with E-state index in [1.165, 1.54) is 0 Å². The number of nitrogens with zero attached hydrogens (tertiary/aromatic N) is 1. The van der Waals surface area contributed by atoms with Gasteiger partial charge in [-0.3, -0.25) is 0 Å². The van der Waals surface area contributed by atoms with Crippen LogP contribution in [-0.4, -0.2) is 38.4 Å². The van der Waals surface area contributed by atoms with Crippen molar-refractivity contribution in [3.05, 3.63) is 28.2 Å². The number of fused-ring (bicyclic) bond motifs is 1. The van der Waals surface area contributed by atoms with Crippen molar-refractivity contribution in [2.75, 3.05) is 19.6 Å². The highest BCUT2D eigenvalue weighted by Gasteiger charge is 2.40. The van der Waals surface area contributed by atoms with Gasteiger partial charge in [0.25, 0.3) is 0 Å². The van der Waals surface area contributed by atoms with E-state index in [1.807, 2.05) is 19.1 Å². The molecule has 1 aromatic rings. The van der Waals surface area contributed by atoms with Crippen LogP contribution in [0.15, 0.2) is 27.6 Å². The van der Waals surface area contributed by atoms with Gasteiger partial charge < -0.3 is 5.32 Å². The number of hydrogen-bond donors (Lipinski definition) is 1. The zero-order chi connectivity index (χ0) is 14.3. The standard InChI is InChI=1S/C14H19BrN2O2S/c1-10-4-5-12(15)7-14(10)20(18,19)17-8-11-3-2-6-16-13(11)9-17/h4-5,7,11,13,16H,2-3,6,8-9H2,1H3. The van der Waals surface area contributed by atoms with E-state index < -0.39 is 10.0 Å². The van der Waals surface area contributed by atoms with Crippen LogP contribution in [0.4, 0.5) is 0 Å². The van der Waals surface area contributed by atoms with Gasteiger partial charge in [0.2, 0.25) is 10.0 Å². The second-order valence-corrected chi connectivity index (χ2v) is 8.52. The SMILES string of the molecule is Cc1ccc(Br)cc1S(=O)(=O)N1CC2CCCNC2C1. The van der Waals surface area contributed by atoms with Gasteiger partial charge in [-0.1, -0.05) is 22.0 Å². The molecule has 2 aliphatic heterocycles. The summed E-state index contributed by atoms with van der Waals surface area (Å²) in [5.41, 5.74) is 0.802. The molecule has 0 spiro atoms. The fourth-order valence-corrected chi connectivity index (χ4v) is 5.48. The van der Waals surface area contributed by atoms with Gasteiger partial charge >= 0.3 is 0 Å². The van der Waals surface area contributed by atoms with Gasteiger partial charge in [-0.15, -0.1) is 0 Å². The zero-order valence-electron chi connectivity index (χ0n) is 11.5. The molecule has 4 nitrogen and oxygen atoms in total. The van der Waals surface area contributed by atoms with Crippen LogP contribution in [0.1, 0.15) is 18.4 Å². The van der Waals surface area contributed by atoms with E-state index in [2.05, 4.69) is 21.2 Å². The van der Waals surface area contributed by atoms with E-state index in [1.54, 1.807) is 10.4 Å². The number of benzene rings is 1. The highest BCUT2D eigenvalue weighted by atomic mass is 79.9. The lowest BCUT2D eigenvalue weighted by molar-refractivity contribution is 0.339. The summed E-state index contributed by atoms with van der Waals surface area (Å²) in [7, 11) is -3.39. The Balaban J connectivity index is 1.91. The Morgan fingerprint density at radius 3 is 2.90 bits per heavy atom. The minimum atomic E-state index is -3.39. The smallest absolute Gasteiger partial charge is 0.243 e. The number of rotatable bonds is 2. The average Bonchev–Trinajstić information content (AvgIpc) is 2.86. The Morgan fingerprint density at radius 1 is 1.35 bits per heavy atom. The fraction of sp³-hybridized carbons (Fsp3) is 0.571. The largest absolute Gasteiger partial charge is 0.312 e. The highest BCUT2D eigenvalue weighted by Crippen LogP contribution is 2.31. The number of hydrogen-bond acceptors (Lipinski definition) is 3. The molecule has 2 fully saturated rings. The van der Waals surface area contributed by atoms with Gasteiger partial charge in [0.15, 0.2) is 0 Å². The lowest BCUT2D eigenvalue weighted by Crippen LogP contribution is -2.41. The van der Waals surface area contributed by atoms with Crippen LogP contribution in [0.2, 0.25) is 0 Å². The molecule has 0 aliphatic carbocycles. The first-order valence-corrected chi connectivity index (χ1v) is 9.21. The summed E-state index contributed by atoms with van der Waals surface area (Å²) in [5.74, 6) is 0.464. The number of aryl methyl sites for hydroxylation is 1. The maximum atomic E-state index is 12.8. The molecule has 2 atom stereocenters. The van der Waals surface area contributed by atoms with Gasteiger partial charge in [0.05, 0.1) is 4.90 Å². The summed E-state index contributed by atoms with van der Waals surface area (Å²) in [6.07, 6.45) is 2.27. The minimum absolute atomic E-state index is 0.325. The van der Waals surface area contributed by atoms with Crippen LogP contribution in [0.3, 0.4) is 0 Å². The van der Waals surface area contributed by atoms with Crippen LogP contribution in [0, 0.1) is 12.8 Å². The normalized spacial score (nSPS) is 27.5. The van der Waals surface area contributed by atoms with Crippen molar-refractivity contribution in [1.29, 1.82) is 0 Å². The fourth-order valence-electron chi connectivity index (χ4n) is 3.19. The molecule has 2 aliphatic rings. The molecular formula is C14H19BrN2O2S. The van der Waals surface area contributed by atoms with Crippen LogP contribution in [-0.2, 0) is 10.0 Å². The monoisotopic (exact) mass is 358 g/mol. The average molecular weight is 359 g/mol. The Labute approximate surface area is 128 Å². The maximum absolute atomic E-state index is 12.8. The van der Waals surface area contributed by atoms with Gasteiger partial charge in [0.1, 0.15) is 0 Å². The Morgan fingerprint density at radius 2 is 2.15 bits per heavy atom. The van der Waals surface area contributed by atoms with Crippen LogP contribution in [0.25, 0.3) is 0 Å².